The van der Waals surface area contributed by atoms with Crippen molar-refractivity contribution in [2.45, 2.75) is 0 Å². The Morgan fingerprint density at radius 1 is 1.14 bits per heavy atom. The Kier molecular flexibility index (Phi) is 4.96. The van der Waals surface area contributed by atoms with Crippen LogP contribution in [0.3, 0.4) is 0 Å². The number of ether oxygens (including phenoxy) is 1. The number of benzene rings is 2. The van der Waals surface area contributed by atoms with Crippen molar-refractivity contribution < 1.29 is 9.53 Å². The Labute approximate surface area is 163 Å². The second-order valence-corrected chi connectivity index (χ2v) is 6.75. The molecule has 0 bridgehead atoms. The lowest BCUT2D eigenvalue weighted by atomic mass is 10.2. The van der Waals surface area contributed by atoms with Crippen LogP contribution in [0.1, 0.15) is 10.4 Å². The summed E-state index contributed by atoms with van der Waals surface area (Å²) in [5.41, 5.74) is 4.35. The van der Waals surface area contributed by atoms with Gasteiger partial charge in [-0.15, -0.1) is 0 Å². The molecule has 1 aromatic heterocycles. The van der Waals surface area contributed by atoms with Crippen LogP contribution in [-0.2, 0) is 4.74 Å². The zero-order valence-electron chi connectivity index (χ0n) is 15.7. The van der Waals surface area contributed by atoms with Crippen molar-refractivity contribution in [3.8, 4) is 11.8 Å². The largest absolute Gasteiger partial charge is 0.465 e. The highest BCUT2D eigenvalue weighted by molar-refractivity contribution is 5.93. The number of carbonyl (C=O) groups excluding carboxylic acids is 1. The minimum Gasteiger partial charge on any atom is -0.465 e. The number of nitrogens with zero attached hydrogens (tertiary/aromatic N) is 5. The smallest absolute Gasteiger partial charge is 0.337 e. The molecule has 1 saturated heterocycles. The van der Waals surface area contributed by atoms with Crippen molar-refractivity contribution in [2.75, 3.05) is 44.7 Å². The van der Waals surface area contributed by atoms with Crippen molar-refractivity contribution in [1.82, 2.24) is 14.5 Å². The predicted molar refractivity (Wildman–Crippen MR) is 107 cm³/mol. The molecule has 0 radical (unpaired) electrons. The number of hydrogen-bond acceptors (Lipinski definition) is 6. The molecule has 3 aromatic rings. The van der Waals surface area contributed by atoms with Crippen molar-refractivity contribution in [1.29, 1.82) is 5.26 Å². The summed E-state index contributed by atoms with van der Waals surface area (Å²) >= 11 is 0. The van der Waals surface area contributed by atoms with Crippen LogP contribution in [0.25, 0.3) is 16.7 Å². The first-order chi connectivity index (χ1) is 13.7. The van der Waals surface area contributed by atoms with E-state index in [4.69, 9.17) is 10.00 Å². The fourth-order valence-electron chi connectivity index (χ4n) is 3.57. The second kappa shape index (κ2) is 7.71. The fraction of sp³-hybridized carbons (Fsp3) is 0.286. The summed E-state index contributed by atoms with van der Waals surface area (Å²) in [7, 11) is 1.37. The predicted octanol–water partition coefficient (Wildman–Crippen LogP) is 2.46. The molecule has 0 aliphatic carbocycles. The molecule has 0 atom stereocenters. The Bertz CT molecular complexity index is 1040. The number of imidazole rings is 1. The van der Waals surface area contributed by atoms with E-state index < -0.39 is 0 Å². The van der Waals surface area contributed by atoms with Crippen LogP contribution in [0.5, 0.6) is 0 Å². The first-order valence-electron chi connectivity index (χ1n) is 9.20. The average molecular weight is 375 g/mol. The van der Waals surface area contributed by atoms with Gasteiger partial charge < -0.3 is 9.64 Å². The number of carbonyl (C=O) groups is 1. The number of nitriles is 1. The average Bonchev–Trinajstić information content (AvgIpc) is 3.17. The summed E-state index contributed by atoms with van der Waals surface area (Å²) in [6.07, 6.45) is 1.77. The third kappa shape index (κ3) is 3.42. The summed E-state index contributed by atoms with van der Waals surface area (Å²) in [6, 6.07) is 16.0. The van der Waals surface area contributed by atoms with Crippen molar-refractivity contribution in [2.24, 2.45) is 0 Å². The van der Waals surface area contributed by atoms with Gasteiger partial charge in [-0.25, -0.2) is 9.78 Å². The maximum atomic E-state index is 11.7. The molecular formula is C21H21N5O2. The lowest BCUT2D eigenvalue weighted by Crippen LogP contribution is -2.46. The van der Waals surface area contributed by atoms with E-state index in [0.29, 0.717) is 12.1 Å². The van der Waals surface area contributed by atoms with Crippen LogP contribution >= 0.6 is 0 Å². The van der Waals surface area contributed by atoms with Gasteiger partial charge in [0.15, 0.2) is 0 Å². The van der Waals surface area contributed by atoms with E-state index in [0.717, 1.165) is 48.6 Å². The quantitative estimate of drug-likeness (QED) is 0.515. The lowest BCUT2D eigenvalue weighted by molar-refractivity contribution is 0.0601. The molecule has 1 aliphatic rings. The maximum Gasteiger partial charge on any atom is 0.337 e. The van der Waals surface area contributed by atoms with Crippen LogP contribution in [0, 0.1) is 11.3 Å². The Balaban J connectivity index is 1.60. The number of fused-ring (bicyclic) bond motifs is 1. The number of methoxy groups -OCH3 is 1. The third-order valence-corrected chi connectivity index (χ3v) is 5.11. The number of aromatic nitrogens is 2. The molecule has 0 spiro atoms. The normalized spacial score (nSPS) is 14.8. The molecule has 28 heavy (non-hydrogen) atoms. The fourth-order valence-corrected chi connectivity index (χ4v) is 3.57. The highest BCUT2D eigenvalue weighted by Gasteiger charge is 2.17. The molecule has 7 nitrogen and oxygen atoms in total. The van der Waals surface area contributed by atoms with Gasteiger partial charge in [-0.1, -0.05) is 6.07 Å². The van der Waals surface area contributed by atoms with E-state index in [9.17, 15) is 4.79 Å². The van der Waals surface area contributed by atoms with E-state index in [2.05, 4.69) is 33.0 Å². The van der Waals surface area contributed by atoms with Gasteiger partial charge in [0.1, 0.15) is 6.33 Å². The van der Waals surface area contributed by atoms with Crippen LogP contribution < -0.4 is 4.90 Å². The molecule has 1 fully saturated rings. The van der Waals surface area contributed by atoms with Gasteiger partial charge in [0, 0.05) is 37.6 Å². The zero-order chi connectivity index (χ0) is 19.5. The number of esters is 1. The maximum absolute atomic E-state index is 11.7. The molecule has 7 heteroatoms. The number of anilines is 1. The topological polar surface area (TPSA) is 74.4 Å². The van der Waals surface area contributed by atoms with Gasteiger partial charge in [-0.2, -0.15) is 5.26 Å². The van der Waals surface area contributed by atoms with Gasteiger partial charge >= 0.3 is 5.97 Å². The summed E-state index contributed by atoms with van der Waals surface area (Å²) in [5, 5.41) is 8.85. The number of piperazine rings is 1. The highest BCUT2D eigenvalue weighted by atomic mass is 16.5. The monoisotopic (exact) mass is 375 g/mol. The molecule has 0 amide bonds. The van der Waals surface area contributed by atoms with Gasteiger partial charge in [0.05, 0.1) is 36.3 Å². The van der Waals surface area contributed by atoms with E-state index >= 15 is 0 Å². The van der Waals surface area contributed by atoms with Gasteiger partial charge in [-0.05, 0) is 36.4 Å². The molecule has 142 valence electrons. The first-order valence-corrected chi connectivity index (χ1v) is 9.20. The minimum atomic E-state index is -0.367. The minimum absolute atomic E-state index is 0.367. The van der Waals surface area contributed by atoms with Crippen LogP contribution in [0.4, 0.5) is 5.69 Å². The van der Waals surface area contributed by atoms with E-state index in [1.807, 2.05) is 22.8 Å². The molecule has 2 heterocycles. The summed E-state index contributed by atoms with van der Waals surface area (Å²) in [5.74, 6) is -0.367. The zero-order valence-corrected chi connectivity index (χ0v) is 15.7. The standard InChI is InChI=1S/C21H21N5O2/c1-28-21(27)16-5-6-20-19(13-16)23-15-26(20)18-4-2-3-17(14-18)25-11-9-24(8-7-22)10-12-25/h2-6,13-15H,8-12H2,1H3. The summed E-state index contributed by atoms with van der Waals surface area (Å²) in [4.78, 5) is 20.7. The molecule has 0 unspecified atom stereocenters. The number of rotatable bonds is 4. The van der Waals surface area contributed by atoms with Crippen molar-refractivity contribution in [3.63, 3.8) is 0 Å². The van der Waals surface area contributed by atoms with Crippen LogP contribution in [0.15, 0.2) is 48.8 Å². The Morgan fingerprint density at radius 2 is 1.93 bits per heavy atom. The van der Waals surface area contributed by atoms with E-state index in [1.165, 1.54) is 7.11 Å². The second-order valence-electron chi connectivity index (χ2n) is 6.75. The third-order valence-electron chi connectivity index (χ3n) is 5.11. The van der Waals surface area contributed by atoms with Crippen LogP contribution in [0.2, 0.25) is 0 Å². The lowest BCUT2D eigenvalue weighted by Gasteiger charge is -2.35. The molecule has 1 aliphatic heterocycles. The highest BCUT2D eigenvalue weighted by Crippen LogP contribution is 2.24. The molecule has 0 N–H and O–H groups in total. The van der Waals surface area contributed by atoms with Crippen LogP contribution in [-0.4, -0.2) is 60.3 Å². The summed E-state index contributed by atoms with van der Waals surface area (Å²) < 4.78 is 6.80. The Hall–Kier alpha value is -3.37. The molecule has 2 aromatic carbocycles. The van der Waals surface area contributed by atoms with Crippen molar-refractivity contribution in [3.05, 3.63) is 54.4 Å². The molecular weight excluding hydrogens is 354 g/mol. The SMILES string of the molecule is COC(=O)c1ccc2c(c1)ncn2-c1cccc(N2CCN(CC#N)CC2)c1. The van der Waals surface area contributed by atoms with Crippen molar-refractivity contribution >= 4 is 22.7 Å². The van der Waals surface area contributed by atoms with E-state index in [1.54, 1.807) is 18.5 Å². The van der Waals surface area contributed by atoms with Gasteiger partial charge in [0.25, 0.3) is 0 Å². The molecule has 4 rings (SSSR count). The van der Waals surface area contributed by atoms with Gasteiger partial charge in [-0.3, -0.25) is 9.47 Å². The first kappa shape index (κ1) is 18.0. The molecule has 0 saturated carbocycles. The van der Waals surface area contributed by atoms with Gasteiger partial charge in [0.2, 0.25) is 0 Å². The number of hydrogen-bond donors (Lipinski definition) is 0. The van der Waals surface area contributed by atoms with E-state index in [-0.39, 0.29) is 5.97 Å². The Morgan fingerprint density at radius 3 is 2.68 bits per heavy atom. The summed E-state index contributed by atoms with van der Waals surface area (Å²) in [6.45, 7) is 4.07.